The Morgan fingerprint density at radius 1 is 1.11 bits per heavy atom. The van der Waals surface area contributed by atoms with Gasteiger partial charge in [0, 0.05) is 18.1 Å². The van der Waals surface area contributed by atoms with E-state index >= 15 is 0 Å². The van der Waals surface area contributed by atoms with Gasteiger partial charge in [0.05, 0.1) is 39.3 Å². The van der Waals surface area contributed by atoms with Gasteiger partial charge < -0.3 is 5.11 Å². The second-order valence-corrected chi connectivity index (χ2v) is 9.99. The molecule has 0 unspecified atom stereocenters. The molecule has 0 aliphatic carbocycles. The van der Waals surface area contributed by atoms with Gasteiger partial charge in [-0.2, -0.15) is 18.3 Å². The van der Waals surface area contributed by atoms with Crippen molar-refractivity contribution >= 4 is 44.3 Å². The number of carbonyl (C=O) groups is 1. The van der Waals surface area contributed by atoms with Crippen LogP contribution < -0.4 is 4.31 Å². The van der Waals surface area contributed by atoms with Gasteiger partial charge in [0.2, 0.25) is 0 Å². The number of aryl methyl sites for hydroxylation is 1. The maximum Gasteiger partial charge on any atom is 0.417 e. The highest BCUT2D eigenvalue weighted by molar-refractivity contribution is 7.92. The van der Waals surface area contributed by atoms with Crippen molar-refractivity contribution in [3.8, 4) is 0 Å². The lowest BCUT2D eigenvalue weighted by Crippen LogP contribution is -2.32. The van der Waals surface area contributed by atoms with Crippen LogP contribution in [-0.4, -0.2) is 34.3 Å². The summed E-state index contributed by atoms with van der Waals surface area (Å²) in [6.45, 7) is 2.23. The summed E-state index contributed by atoms with van der Waals surface area (Å²) in [6.07, 6.45) is -2.60. The summed E-state index contributed by atoms with van der Waals surface area (Å²) in [6, 6.07) is 10.2. The largest absolute Gasteiger partial charge is 0.478 e. The van der Waals surface area contributed by atoms with E-state index in [0.29, 0.717) is 24.4 Å². The third kappa shape index (κ3) is 4.86. The predicted molar refractivity (Wildman–Crippen MR) is 126 cm³/mol. The predicted octanol–water partition coefficient (Wildman–Crippen LogP) is 5.22. The zero-order chi connectivity index (χ0) is 26.3. The summed E-state index contributed by atoms with van der Waals surface area (Å²) in [4.78, 5) is 14.6. The van der Waals surface area contributed by atoms with E-state index < -0.39 is 38.6 Å². The van der Waals surface area contributed by atoms with Crippen molar-refractivity contribution in [1.29, 1.82) is 0 Å². The van der Waals surface area contributed by atoms with Gasteiger partial charge >= 0.3 is 12.1 Å². The maximum absolute atomic E-state index is 13.6. The van der Waals surface area contributed by atoms with E-state index in [2.05, 4.69) is 10.1 Å². The molecule has 188 valence electrons. The minimum Gasteiger partial charge on any atom is -0.478 e. The SMILES string of the molecule is CCn1ncc2cc(CN(c3ncc(C(F)(F)F)cc3Cl)S(=O)(=O)c3ccc(C(=O)O)cc3)ccc21. The Labute approximate surface area is 208 Å². The highest BCUT2D eigenvalue weighted by atomic mass is 35.5. The highest BCUT2D eigenvalue weighted by Crippen LogP contribution is 2.36. The summed E-state index contributed by atoms with van der Waals surface area (Å²) in [5, 5.41) is 13.6. The van der Waals surface area contributed by atoms with Crippen molar-refractivity contribution < 1.29 is 31.5 Å². The van der Waals surface area contributed by atoms with E-state index in [1.165, 1.54) is 0 Å². The molecule has 0 atom stereocenters. The van der Waals surface area contributed by atoms with Gasteiger partial charge in [-0.3, -0.25) is 4.68 Å². The zero-order valence-electron chi connectivity index (χ0n) is 18.6. The van der Waals surface area contributed by atoms with E-state index in [9.17, 15) is 26.4 Å². The van der Waals surface area contributed by atoms with E-state index in [1.807, 2.05) is 6.92 Å². The number of halogens is 4. The molecule has 13 heteroatoms. The van der Waals surface area contributed by atoms with Gasteiger partial charge in [0.1, 0.15) is 0 Å². The lowest BCUT2D eigenvalue weighted by molar-refractivity contribution is -0.137. The molecule has 8 nitrogen and oxygen atoms in total. The molecule has 0 amide bonds. The van der Waals surface area contributed by atoms with Crippen LogP contribution in [0.4, 0.5) is 19.0 Å². The number of pyridine rings is 1. The molecule has 2 aromatic heterocycles. The van der Waals surface area contributed by atoms with Gasteiger partial charge in [-0.15, -0.1) is 0 Å². The third-order valence-corrected chi connectivity index (χ3v) is 7.43. The number of nitrogens with zero attached hydrogens (tertiary/aromatic N) is 4. The molecule has 0 bridgehead atoms. The van der Waals surface area contributed by atoms with E-state index in [0.717, 1.165) is 39.5 Å². The number of benzene rings is 2. The van der Waals surface area contributed by atoms with Crippen LogP contribution in [0.3, 0.4) is 0 Å². The number of aromatic nitrogens is 3. The second-order valence-electron chi connectivity index (χ2n) is 7.72. The summed E-state index contributed by atoms with van der Waals surface area (Å²) < 4.78 is 69.2. The Bertz CT molecular complexity index is 1550. The molecule has 0 saturated heterocycles. The molecule has 4 aromatic rings. The van der Waals surface area contributed by atoms with Crippen LogP contribution in [0.15, 0.2) is 65.8 Å². The van der Waals surface area contributed by atoms with E-state index in [-0.39, 0.29) is 17.0 Å². The molecule has 0 radical (unpaired) electrons. The van der Waals surface area contributed by atoms with Crippen molar-refractivity contribution in [2.45, 2.75) is 31.1 Å². The van der Waals surface area contributed by atoms with Crippen molar-refractivity contribution in [2.75, 3.05) is 4.31 Å². The lowest BCUT2D eigenvalue weighted by Gasteiger charge is -2.25. The number of sulfonamides is 1. The van der Waals surface area contributed by atoms with Crippen molar-refractivity contribution in [2.24, 2.45) is 0 Å². The van der Waals surface area contributed by atoms with Crippen molar-refractivity contribution in [3.05, 3.63) is 82.6 Å². The minimum absolute atomic E-state index is 0.135. The van der Waals surface area contributed by atoms with Crippen LogP contribution in [0.1, 0.15) is 28.4 Å². The summed E-state index contributed by atoms with van der Waals surface area (Å²) in [5.41, 5.74) is 0.0598. The summed E-state index contributed by atoms with van der Waals surface area (Å²) >= 11 is 6.11. The monoisotopic (exact) mass is 538 g/mol. The number of carboxylic acid groups (broad SMARTS) is 1. The Hall–Kier alpha value is -3.64. The fourth-order valence-electron chi connectivity index (χ4n) is 3.59. The van der Waals surface area contributed by atoms with Crippen LogP contribution in [-0.2, 0) is 29.3 Å². The first-order valence-corrected chi connectivity index (χ1v) is 12.3. The first kappa shape index (κ1) is 25.5. The molecular formula is C23H18ClF3N4O4S. The number of fused-ring (bicyclic) bond motifs is 1. The molecular weight excluding hydrogens is 521 g/mol. The fraction of sp³-hybridized carbons (Fsp3) is 0.174. The number of hydrogen-bond donors (Lipinski definition) is 1. The van der Waals surface area contributed by atoms with Gasteiger partial charge in [-0.05, 0) is 55.0 Å². The van der Waals surface area contributed by atoms with Crippen LogP contribution >= 0.6 is 11.6 Å². The average molecular weight is 539 g/mol. The smallest absolute Gasteiger partial charge is 0.417 e. The van der Waals surface area contributed by atoms with Crippen LogP contribution in [0, 0.1) is 0 Å². The molecule has 0 saturated carbocycles. The Morgan fingerprint density at radius 3 is 2.39 bits per heavy atom. The first-order chi connectivity index (χ1) is 16.9. The molecule has 0 spiro atoms. The van der Waals surface area contributed by atoms with E-state index in [4.69, 9.17) is 16.7 Å². The topological polar surface area (TPSA) is 105 Å². The van der Waals surface area contributed by atoms with Crippen molar-refractivity contribution in [3.63, 3.8) is 0 Å². The summed E-state index contributed by atoms with van der Waals surface area (Å²) in [7, 11) is -4.43. The normalized spacial score (nSPS) is 12.1. The number of rotatable bonds is 7. The lowest BCUT2D eigenvalue weighted by atomic mass is 10.1. The maximum atomic E-state index is 13.6. The summed E-state index contributed by atoms with van der Waals surface area (Å²) in [5.74, 6) is -1.65. The molecule has 0 fully saturated rings. The third-order valence-electron chi connectivity index (χ3n) is 5.41. The minimum atomic E-state index is -4.73. The highest BCUT2D eigenvalue weighted by Gasteiger charge is 2.34. The van der Waals surface area contributed by atoms with E-state index in [1.54, 1.807) is 29.1 Å². The molecule has 36 heavy (non-hydrogen) atoms. The molecule has 2 heterocycles. The molecule has 4 rings (SSSR count). The molecule has 0 aliphatic rings. The standard InChI is InChI=1S/C23H18ClF3N4O4S/c1-2-30-20-8-3-14(9-16(20)11-29-30)13-31(21-19(24)10-17(12-28-21)23(25,26)27)36(34,35)18-6-4-15(5-7-18)22(32)33/h3-12H,2,13H2,1H3,(H,32,33). The van der Waals surface area contributed by atoms with Crippen LogP contribution in [0.25, 0.3) is 10.9 Å². The zero-order valence-corrected chi connectivity index (χ0v) is 20.1. The van der Waals surface area contributed by atoms with Gasteiger partial charge in [-0.1, -0.05) is 17.7 Å². The number of carboxylic acids is 1. The van der Waals surface area contributed by atoms with Crippen LogP contribution in [0.2, 0.25) is 5.02 Å². The average Bonchev–Trinajstić information content (AvgIpc) is 3.24. The number of hydrogen-bond acceptors (Lipinski definition) is 5. The number of alkyl halides is 3. The number of anilines is 1. The van der Waals surface area contributed by atoms with Crippen molar-refractivity contribution in [1.82, 2.24) is 14.8 Å². The van der Waals surface area contributed by atoms with Gasteiger partial charge in [0.15, 0.2) is 5.82 Å². The number of aromatic carboxylic acids is 1. The fourth-order valence-corrected chi connectivity index (χ4v) is 5.34. The Balaban J connectivity index is 1.82. The first-order valence-electron chi connectivity index (χ1n) is 10.4. The van der Waals surface area contributed by atoms with Gasteiger partial charge in [-0.25, -0.2) is 22.5 Å². The molecule has 0 aliphatic heterocycles. The quantitative estimate of drug-likeness (QED) is 0.346. The molecule has 1 N–H and O–H groups in total. The Kier molecular flexibility index (Phi) is 6.67. The molecule has 2 aromatic carbocycles. The Morgan fingerprint density at radius 2 is 1.81 bits per heavy atom. The van der Waals surface area contributed by atoms with Crippen LogP contribution in [0.5, 0.6) is 0 Å². The second kappa shape index (κ2) is 9.43. The van der Waals surface area contributed by atoms with Gasteiger partial charge in [0.25, 0.3) is 10.0 Å².